The Morgan fingerprint density at radius 1 is 1.50 bits per heavy atom. The first-order chi connectivity index (χ1) is 7.76. The molecule has 0 spiro atoms. The van der Waals surface area contributed by atoms with Crippen LogP contribution in [0.2, 0.25) is 0 Å². The molecule has 0 saturated carbocycles. The minimum atomic E-state index is 0.219. The molecule has 0 atom stereocenters. The lowest BCUT2D eigenvalue weighted by molar-refractivity contribution is -0.131. The number of hydrogen-bond donors (Lipinski definition) is 0. The topological polar surface area (TPSA) is 29.5 Å². The molecule has 1 amide bonds. The Bertz CT molecular complexity index is 387. The van der Waals surface area contributed by atoms with Crippen LogP contribution in [0.4, 0.5) is 0 Å². The fourth-order valence-electron chi connectivity index (χ4n) is 2.18. The predicted molar refractivity (Wildman–Crippen MR) is 62.4 cm³/mol. The maximum absolute atomic E-state index is 11.7. The molecule has 1 heterocycles. The van der Waals surface area contributed by atoms with E-state index in [0.717, 1.165) is 24.3 Å². The van der Waals surface area contributed by atoms with E-state index in [4.69, 9.17) is 4.74 Å². The van der Waals surface area contributed by atoms with Crippen molar-refractivity contribution in [3.8, 4) is 5.75 Å². The average Bonchev–Trinajstić information content (AvgIpc) is 2.36. The number of benzene rings is 1. The largest absolute Gasteiger partial charge is 0.496 e. The van der Waals surface area contributed by atoms with E-state index in [1.807, 2.05) is 24.0 Å². The molecule has 0 bridgehead atoms. The van der Waals surface area contributed by atoms with Crippen LogP contribution in [0.25, 0.3) is 0 Å². The molecule has 86 valence electrons. The van der Waals surface area contributed by atoms with Crippen molar-refractivity contribution in [2.45, 2.75) is 26.3 Å². The number of ether oxygens (including phenoxy) is 1. The van der Waals surface area contributed by atoms with Crippen LogP contribution >= 0.6 is 0 Å². The van der Waals surface area contributed by atoms with Crippen molar-refractivity contribution in [1.82, 2.24) is 4.90 Å². The normalized spacial score (nSPS) is 14.5. The number of carbonyl (C=O) groups is 1. The van der Waals surface area contributed by atoms with Crippen molar-refractivity contribution < 1.29 is 9.53 Å². The lowest BCUT2D eigenvalue weighted by atomic mass is 9.98. The van der Waals surface area contributed by atoms with E-state index in [1.54, 1.807) is 7.11 Å². The van der Waals surface area contributed by atoms with Crippen LogP contribution in [0.5, 0.6) is 5.75 Å². The highest BCUT2D eigenvalue weighted by Crippen LogP contribution is 2.27. The summed E-state index contributed by atoms with van der Waals surface area (Å²) < 4.78 is 5.34. The summed E-state index contributed by atoms with van der Waals surface area (Å²) in [5.41, 5.74) is 2.47. The molecule has 0 fully saturated rings. The van der Waals surface area contributed by atoms with Crippen LogP contribution in [0.3, 0.4) is 0 Å². The third kappa shape index (κ3) is 1.90. The maximum Gasteiger partial charge on any atom is 0.222 e. The van der Waals surface area contributed by atoms with Crippen LogP contribution in [0.1, 0.15) is 24.5 Å². The average molecular weight is 219 g/mol. The first kappa shape index (κ1) is 11.0. The van der Waals surface area contributed by atoms with Crippen molar-refractivity contribution in [3.63, 3.8) is 0 Å². The third-order valence-electron chi connectivity index (χ3n) is 3.11. The number of hydrogen-bond acceptors (Lipinski definition) is 2. The Hall–Kier alpha value is -1.51. The van der Waals surface area contributed by atoms with E-state index in [0.29, 0.717) is 13.0 Å². The van der Waals surface area contributed by atoms with E-state index >= 15 is 0 Å². The summed E-state index contributed by atoms with van der Waals surface area (Å²) in [5, 5.41) is 0. The molecule has 0 unspecified atom stereocenters. The predicted octanol–water partition coefficient (Wildman–Crippen LogP) is 1.99. The molecule has 3 heteroatoms. The first-order valence-electron chi connectivity index (χ1n) is 5.68. The summed E-state index contributed by atoms with van der Waals surface area (Å²) >= 11 is 0. The number of methoxy groups -OCH3 is 1. The standard InChI is InChI=1S/C13H17NO2/c1-3-13(15)14-8-7-10-5-4-6-12(16-2)11(10)9-14/h4-6H,3,7-9H2,1-2H3. The van der Waals surface area contributed by atoms with Gasteiger partial charge in [-0.3, -0.25) is 4.79 Å². The van der Waals surface area contributed by atoms with E-state index in [2.05, 4.69) is 6.07 Å². The molecule has 16 heavy (non-hydrogen) atoms. The highest BCUT2D eigenvalue weighted by atomic mass is 16.5. The van der Waals surface area contributed by atoms with Gasteiger partial charge in [0.15, 0.2) is 0 Å². The highest BCUT2D eigenvalue weighted by Gasteiger charge is 2.21. The lowest BCUT2D eigenvalue weighted by Gasteiger charge is -2.29. The van der Waals surface area contributed by atoms with Gasteiger partial charge in [0.2, 0.25) is 5.91 Å². The number of fused-ring (bicyclic) bond motifs is 1. The van der Waals surface area contributed by atoms with Gasteiger partial charge in [-0.25, -0.2) is 0 Å². The Morgan fingerprint density at radius 3 is 3.00 bits per heavy atom. The highest BCUT2D eigenvalue weighted by molar-refractivity contribution is 5.76. The Labute approximate surface area is 96.0 Å². The Morgan fingerprint density at radius 2 is 2.31 bits per heavy atom. The zero-order valence-electron chi connectivity index (χ0n) is 9.82. The molecule has 2 rings (SSSR count). The van der Waals surface area contributed by atoms with Crippen molar-refractivity contribution in [2.75, 3.05) is 13.7 Å². The molecule has 0 radical (unpaired) electrons. The van der Waals surface area contributed by atoms with E-state index < -0.39 is 0 Å². The molecular weight excluding hydrogens is 202 g/mol. The van der Waals surface area contributed by atoms with E-state index in [1.165, 1.54) is 5.56 Å². The van der Waals surface area contributed by atoms with Crippen LogP contribution < -0.4 is 4.74 Å². The second-order valence-corrected chi connectivity index (χ2v) is 4.02. The molecule has 0 N–H and O–H groups in total. The summed E-state index contributed by atoms with van der Waals surface area (Å²) in [5.74, 6) is 1.11. The zero-order chi connectivity index (χ0) is 11.5. The van der Waals surface area contributed by atoms with Gasteiger partial charge < -0.3 is 9.64 Å². The van der Waals surface area contributed by atoms with Gasteiger partial charge in [-0.1, -0.05) is 19.1 Å². The monoisotopic (exact) mass is 219 g/mol. The molecule has 0 saturated heterocycles. The van der Waals surface area contributed by atoms with Gasteiger partial charge in [0.05, 0.1) is 7.11 Å². The Kier molecular flexibility index (Phi) is 3.13. The van der Waals surface area contributed by atoms with Gasteiger partial charge >= 0.3 is 0 Å². The summed E-state index contributed by atoms with van der Waals surface area (Å²) in [6.07, 6.45) is 1.50. The minimum absolute atomic E-state index is 0.219. The smallest absolute Gasteiger partial charge is 0.222 e. The van der Waals surface area contributed by atoms with Crippen LogP contribution in [-0.4, -0.2) is 24.5 Å². The summed E-state index contributed by atoms with van der Waals surface area (Å²) in [4.78, 5) is 13.6. The van der Waals surface area contributed by atoms with E-state index in [9.17, 15) is 4.79 Å². The lowest BCUT2D eigenvalue weighted by Crippen LogP contribution is -2.35. The van der Waals surface area contributed by atoms with Gasteiger partial charge in [0.1, 0.15) is 5.75 Å². The maximum atomic E-state index is 11.7. The molecular formula is C13H17NO2. The van der Waals surface area contributed by atoms with Gasteiger partial charge in [-0.2, -0.15) is 0 Å². The van der Waals surface area contributed by atoms with Crippen molar-refractivity contribution in [3.05, 3.63) is 29.3 Å². The zero-order valence-corrected chi connectivity index (χ0v) is 9.82. The Balaban J connectivity index is 2.27. The number of carbonyl (C=O) groups excluding carboxylic acids is 1. The van der Waals surface area contributed by atoms with Crippen LogP contribution in [-0.2, 0) is 17.8 Å². The van der Waals surface area contributed by atoms with Crippen molar-refractivity contribution in [2.24, 2.45) is 0 Å². The first-order valence-corrected chi connectivity index (χ1v) is 5.68. The van der Waals surface area contributed by atoms with Crippen LogP contribution in [0, 0.1) is 0 Å². The van der Waals surface area contributed by atoms with Crippen molar-refractivity contribution in [1.29, 1.82) is 0 Å². The summed E-state index contributed by atoms with van der Waals surface area (Å²) in [6, 6.07) is 6.08. The van der Waals surface area contributed by atoms with Gasteiger partial charge in [0.25, 0.3) is 0 Å². The van der Waals surface area contributed by atoms with E-state index in [-0.39, 0.29) is 5.91 Å². The van der Waals surface area contributed by atoms with Gasteiger partial charge in [-0.05, 0) is 18.1 Å². The molecule has 1 aliphatic heterocycles. The number of amides is 1. The fourth-order valence-corrected chi connectivity index (χ4v) is 2.18. The third-order valence-corrected chi connectivity index (χ3v) is 3.11. The quantitative estimate of drug-likeness (QED) is 0.761. The number of nitrogens with zero attached hydrogens (tertiary/aromatic N) is 1. The fraction of sp³-hybridized carbons (Fsp3) is 0.462. The SMILES string of the molecule is CCC(=O)N1CCc2cccc(OC)c2C1. The second kappa shape index (κ2) is 4.56. The molecule has 3 nitrogen and oxygen atoms in total. The number of rotatable bonds is 2. The molecule has 0 aliphatic carbocycles. The van der Waals surface area contributed by atoms with Gasteiger partial charge in [-0.15, -0.1) is 0 Å². The minimum Gasteiger partial charge on any atom is -0.496 e. The molecule has 1 aromatic rings. The van der Waals surface area contributed by atoms with Crippen LogP contribution in [0.15, 0.2) is 18.2 Å². The molecule has 1 aromatic carbocycles. The second-order valence-electron chi connectivity index (χ2n) is 4.02. The summed E-state index contributed by atoms with van der Waals surface area (Å²) in [6.45, 7) is 3.42. The van der Waals surface area contributed by atoms with Crippen molar-refractivity contribution >= 4 is 5.91 Å². The molecule has 0 aromatic heterocycles. The van der Waals surface area contributed by atoms with Gasteiger partial charge in [0, 0.05) is 25.1 Å². The summed E-state index contributed by atoms with van der Waals surface area (Å²) in [7, 11) is 1.68. The molecule has 1 aliphatic rings.